The van der Waals surface area contributed by atoms with Crippen molar-refractivity contribution in [3.8, 4) is 0 Å². The molecule has 2 aliphatic rings. The van der Waals surface area contributed by atoms with Crippen LogP contribution in [0.4, 0.5) is 5.69 Å². The molecule has 0 spiro atoms. The zero-order valence-corrected chi connectivity index (χ0v) is 14.7. The van der Waals surface area contributed by atoms with Gasteiger partial charge >= 0.3 is 0 Å². The van der Waals surface area contributed by atoms with Gasteiger partial charge in [-0.3, -0.25) is 9.59 Å². The number of amides is 2. The number of para-hydroxylation sites is 1. The number of hydrogen-bond donors (Lipinski definition) is 1. The van der Waals surface area contributed by atoms with Crippen molar-refractivity contribution in [2.75, 3.05) is 38.5 Å². The predicted octanol–water partition coefficient (Wildman–Crippen LogP) is 2.46. The minimum Gasteiger partial charge on any atom is -0.337 e. The van der Waals surface area contributed by atoms with Crippen molar-refractivity contribution in [1.29, 1.82) is 0 Å². The molecule has 132 valence electrons. The number of likely N-dealkylation sites (N-methyl/N-ethyl adjacent to an activating group) is 1. The molecule has 0 aromatic heterocycles. The third kappa shape index (κ3) is 3.02. The van der Waals surface area contributed by atoms with Crippen LogP contribution in [-0.4, -0.2) is 54.8 Å². The minimum absolute atomic E-state index is 0.00736. The van der Waals surface area contributed by atoms with Gasteiger partial charge in [0.1, 0.15) is 0 Å². The second-order valence-corrected chi connectivity index (χ2v) is 6.73. The van der Waals surface area contributed by atoms with Crippen molar-refractivity contribution in [2.45, 2.75) is 0 Å². The van der Waals surface area contributed by atoms with Gasteiger partial charge in [0.25, 0.3) is 5.91 Å². The Kier molecular flexibility index (Phi) is 4.31. The summed E-state index contributed by atoms with van der Waals surface area (Å²) >= 11 is 0. The molecule has 0 saturated carbocycles. The first-order chi connectivity index (χ1) is 12.6. The van der Waals surface area contributed by atoms with Gasteiger partial charge in [-0.1, -0.05) is 36.4 Å². The van der Waals surface area contributed by atoms with E-state index in [-0.39, 0.29) is 11.8 Å². The zero-order valence-electron chi connectivity index (χ0n) is 14.7. The monoisotopic (exact) mass is 347 g/mol. The van der Waals surface area contributed by atoms with Crippen LogP contribution in [0.1, 0.15) is 21.5 Å². The van der Waals surface area contributed by atoms with Crippen LogP contribution in [0.3, 0.4) is 0 Å². The summed E-state index contributed by atoms with van der Waals surface area (Å²) < 4.78 is 0. The largest absolute Gasteiger partial charge is 0.337 e. The van der Waals surface area contributed by atoms with E-state index in [0.717, 1.165) is 48.6 Å². The van der Waals surface area contributed by atoms with Crippen LogP contribution >= 0.6 is 0 Å². The topological polar surface area (TPSA) is 52.6 Å². The third-order valence-electron chi connectivity index (χ3n) is 5.01. The van der Waals surface area contributed by atoms with Crippen LogP contribution in [-0.2, 0) is 4.79 Å². The average molecular weight is 347 g/mol. The fourth-order valence-corrected chi connectivity index (χ4v) is 3.47. The number of piperazine rings is 1. The maximum absolute atomic E-state index is 12.9. The van der Waals surface area contributed by atoms with Crippen LogP contribution < -0.4 is 5.32 Å². The zero-order chi connectivity index (χ0) is 18.1. The summed E-state index contributed by atoms with van der Waals surface area (Å²) in [7, 11) is 2.06. The van der Waals surface area contributed by atoms with E-state index in [0.29, 0.717) is 5.56 Å². The van der Waals surface area contributed by atoms with Gasteiger partial charge in [-0.25, -0.2) is 0 Å². The summed E-state index contributed by atoms with van der Waals surface area (Å²) in [5.41, 5.74) is 3.76. The van der Waals surface area contributed by atoms with Gasteiger partial charge in [0, 0.05) is 49.1 Å². The maximum atomic E-state index is 12.9. The van der Waals surface area contributed by atoms with Crippen LogP contribution in [0, 0.1) is 0 Å². The van der Waals surface area contributed by atoms with Gasteiger partial charge in [-0.2, -0.15) is 0 Å². The van der Waals surface area contributed by atoms with E-state index >= 15 is 0 Å². The summed E-state index contributed by atoms with van der Waals surface area (Å²) in [6, 6.07) is 15.1. The fraction of sp³-hybridized carbons (Fsp3) is 0.238. The minimum atomic E-state index is -0.150. The summed E-state index contributed by atoms with van der Waals surface area (Å²) in [6.07, 6.45) is 1.68. The van der Waals surface area contributed by atoms with Crippen molar-refractivity contribution in [3.05, 3.63) is 71.3 Å². The van der Waals surface area contributed by atoms with Crippen molar-refractivity contribution < 1.29 is 9.59 Å². The molecule has 26 heavy (non-hydrogen) atoms. The van der Waals surface area contributed by atoms with Crippen LogP contribution in [0.2, 0.25) is 0 Å². The summed E-state index contributed by atoms with van der Waals surface area (Å²) in [6.45, 7) is 3.20. The Morgan fingerprint density at radius 1 is 0.923 bits per heavy atom. The smallest absolute Gasteiger partial charge is 0.256 e. The molecule has 0 bridgehead atoms. The lowest BCUT2D eigenvalue weighted by molar-refractivity contribution is -0.127. The van der Waals surface area contributed by atoms with E-state index in [1.54, 1.807) is 12.1 Å². The van der Waals surface area contributed by atoms with Crippen molar-refractivity contribution in [2.24, 2.45) is 0 Å². The van der Waals surface area contributed by atoms with Crippen LogP contribution in [0.15, 0.2) is 54.6 Å². The predicted molar refractivity (Wildman–Crippen MR) is 102 cm³/mol. The highest BCUT2D eigenvalue weighted by Crippen LogP contribution is 2.35. The molecule has 1 N–H and O–H groups in total. The van der Waals surface area contributed by atoms with E-state index in [4.69, 9.17) is 0 Å². The SMILES string of the molecule is CN1CCN(C(=O)C=C2c3ccccc3NC(=O)c3ccccc32)CC1. The molecular weight excluding hydrogens is 326 g/mol. The Bertz CT molecular complexity index is 896. The molecule has 1 saturated heterocycles. The van der Waals surface area contributed by atoms with Gasteiger partial charge in [-0.15, -0.1) is 0 Å². The Hall–Kier alpha value is -2.92. The molecule has 1 fully saturated rings. The normalized spacial score (nSPS) is 18.7. The van der Waals surface area contributed by atoms with Crippen LogP contribution in [0.25, 0.3) is 5.57 Å². The molecule has 0 unspecified atom stereocenters. The van der Waals surface area contributed by atoms with Crippen molar-refractivity contribution >= 4 is 23.1 Å². The number of carbonyl (C=O) groups is 2. The molecule has 5 heteroatoms. The quantitative estimate of drug-likeness (QED) is 0.807. The standard InChI is InChI=1S/C21H21N3O2/c1-23-10-12-24(13-11-23)20(25)14-18-15-6-2-3-8-17(15)21(26)22-19-9-5-4-7-16(18)19/h2-9,14H,10-13H2,1H3,(H,22,26). The van der Waals surface area contributed by atoms with Crippen molar-refractivity contribution in [1.82, 2.24) is 9.80 Å². The number of nitrogens with zero attached hydrogens (tertiary/aromatic N) is 2. The molecule has 0 atom stereocenters. The van der Waals surface area contributed by atoms with Gasteiger partial charge in [0.2, 0.25) is 5.91 Å². The van der Waals surface area contributed by atoms with E-state index in [1.165, 1.54) is 0 Å². The van der Waals surface area contributed by atoms with Crippen LogP contribution in [0.5, 0.6) is 0 Å². The molecule has 5 nitrogen and oxygen atoms in total. The first-order valence-corrected chi connectivity index (χ1v) is 8.83. The van der Waals surface area contributed by atoms with Gasteiger partial charge < -0.3 is 15.1 Å². The van der Waals surface area contributed by atoms with E-state index in [1.807, 2.05) is 47.4 Å². The average Bonchev–Trinajstić information content (AvgIpc) is 2.78. The highest BCUT2D eigenvalue weighted by atomic mass is 16.2. The first kappa shape index (κ1) is 16.5. The Morgan fingerprint density at radius 3 is 2.27 bits per heavy atom. The summed E-state index contributed by atoms with van der Waals surface area (Å²) in [4.78, 5) is 29.6. The Morgan fingerprint density at radius 2 is 1.54 bits per heavy atom. The molecule has 0 aliphatic carbocycles. The number of hydrogen-bond acceptors (Lipinski definition) is 3. The summed E-state index contributed by atoms with van der Waals surface area (Å²) in [5.74, 6) is -0.157. The number of fused-ring (bicyclic) bond motifs is 2. The Balaban J connectivity index is 1.80. The number of anilines is 1. The fourth-order valence-electron chi connectivity index (χ4n) is 3.47. The number of rotatable bonds is 1. The number of carbonyl (C=O) groups excluding carboxylic acids is 2. The van der Waals surface area contributed by atoms with E-state index < -0.39 is 0 Å². The highest BCUT2D eigenvalue weighted by molar-refractivity contribution is 6.14. The lowest BCUT2D eigenvalue weighted by atomic mass is 9.93. The molecule has 2 aliphatic heterocycles. The maximum Gasteiger partial charge on any atom is 0.256 e. The van der Waals surface area contributed by atoms with Gasteiger partial charge in [-0.05, 0) is 30.3 Å². The molecule has 2 aromatic carbocycles. The van der Waals surface area contributed by atoms with E-state index in [9.17, 15) is 9.59 Å². The molecule has 2 heterocycles. The number of nitrogens with one attached hydrogen (secondary N) is 1. The molecular formula is C21H21N3O2. The molecule has 0 radical (unpaired) electrons. The molecule has 2 amide bonds. The lowest BCUT2D eigenvalue weighted by Crippen LogP contribution is -2.46. The first-order valence-electron chi connectivity index (χ1n) is 8.83. The summed E-state index contributed by atoms with van der Waals surface area (Å²) in [5, 5.41) is 2.96. The van der Waals surface area contributed by atoms with Crippen molar-refractivity contribution in [3.63, 3.8) is 0 Å². The highest BCUT2D eigenvalue weighted by Gasteiger charge is 2.25. The van der Waals surface area contributed by atoms with Gasteiger partial charge in [0.15, 0.2) is 0 Å². The van der Waals surface area contributed by atoms with E-state index in [2.05, 4.69) is 17.3 Å². The van der Waals surface area contributed by atoms with Gasteiger partial charge in [0.05, 0.1) is 0 Å². The third-order valence-corrected chi connectivity index (χ3v) is 5.01. The Labute approximate surface area is 152 Å². The molecule has 4 rings (SSSR count). The lowest BCUT2D eigenvalue weighted by Gasteiger charge is -2.32. The second-order valence-electron chi connectivity index (χ2n) is 6.73. The second kappa shape index (κ2) is 6.77. The molecule has 2 aromatic rings. The number of benzene rings is 2.